The van der Waals surface area contributed by atoms with Crippen molar-refractivity contribution < 1.29 is 9.53 Å². The quantitative estimate of drug-likeness (QED) is 0.759. The summed E-state index contributed by atoms with van der Waals surface area (Å²) >= 11 is 0. The fourth-order valence-electron chi connectivity index (χ4n) is 3.04. The zero-order valence-electron chi connectivity index (χ0n) is 15.8. The summed E-state index contributed by atoms with van der Waals surface area (Å²) in [6, 6.07) is 10.3. The van der Waals surface area contributed by atoms with E-state index in [4.69, 9.17) is 4.74 Å². The second-order valence-corrected chi connectivity index (χ2v) is 7.37. The van der Waals surface area contributed by atoms with Gasteiger partial charge >= 0.3 is 6.03 Å². The van der Waals surface area contributed by atoms with Gasteiger partial charge < -0.3 is 15.4 Å². The maximum Gasteiger partial charge on any atom is 0.315 e. The minimum Gasteiger partial charge on any atom is -0.379 e. The van der Waals surface area contributed by atoms with Crippen LogP contribution in [0.4, 0.5) is 4.79 Å². The molecule has 1 aromatic rings. The molecule has 2 unspecified atom stereocenters. The molecule has 0 radical (unpaired) electrons. The van der Waals surface area contributed by atoms with E-state index in [0.29, 0.717) is 5.92 Å². The summed E-state index contributed by atoms with van der Waals surface area (Å²) in [5.41, 5.74) is 1.14. The third-order valence-electron chi connectivity index (χ3n) is 4.61. The summed E-state index contributed by atoms with van der Waals surface area (Å²) in [6.45, 7) is 10.7. The van der Waals surface area contributed by atoms with Crippen LogP contribution < -0.4 is 10.6 Å². The van der Waals surface area contributed by atoms with Crippen LogP contribution in [-0.4, -0.2) is 49.8 Å². The molecule has 2 N–H and O–H groups in total. The van der Waals surface area contributed by atoms with Crippen LogP contribution in [0.5, 0.6) is 0 Å². The molecule has 1 fully saturated rings. The molecule has 2 amide bonds. The molecule has 0 saturated carbocycles. The molecule has 0 bridgehead atoms. The van der Waals surface area contributed by atoms with E-state index >= 15 is 0 Å². The first kappa shape index (κ1) is 19.7. The van der Waals surface area contributed by atoms with Gasteiger partial charge in [0.2, 0.25) is 0 Å². The largest absolute Gasteiger partial charge is 0.379 e. The molecule has 5 nitrogen and oxygen atoms in total. The van der Waals surface area contributed by atoms with Crippen molar-refractivity contribution in [3.8, 4) is 0 Å². The van der Waals surface area contributed by atoms with Gasteiger partial charge in [-0.3, -0.25) is 4.90 Å². The van der Waals surface area contributed by atoms with Crippen LogP contribution in [0.3, 0.4) is 0 Å². The number of nitrogens with zero attached hydrogens (tertiary/aromatic N) is 1. The highest BCUT2D eigenvalue weighted by Gasteiger charge is 2.20. The Morgan fingerprint density at radius 2 is 1.76 bits per heavy atom. The number of morpholine rings is 1. The van der Waals surface area contributed by atoms with Gasteiger partial charge in [-0.15, -0.1) is 0 Å². The molecule has 1 aromatic carbocycles. The molecule has 0 aromatic heterocycles. The van der Waals surface area contributed by atoms with Crippen LogP contribution in [0.1, 0.15) is 45.2 Å². The summed E-state index contributed by atoms with van der Waals surface area (Å²) in [5.74, 6) is 0.658. The topological polar surface area (TPSA) is 53.6 Å². The van der Waals surface area contributed by atoms with Crippen molar-refractivity contribution in [3.63, 3.8) is 0 Å². The van der Waals surface area contributed by atoms with Crippen molar-refractivity contribution in [2.45, 2.75) is 45.7 Å². The first-order valence-electron chi connectivity index (χ1n) is 9.46. The minimum atomic E-state index is -0.0848. The maximum atomic E-state index is 12.5. The highest BCUT2D eigenvalue weighted by molar-refractivity contribution is 5.74. The number of hydrogen-bond acceptors (Lipinski definition) is 3. The number of amides is 2. The number of nitrogens with one attached hydrogen (secondary N) is 2. The van der Waals surface area contributed by atoms with Gasteiger partial charge in [0.05, 0.1) is 19.3 Å². The maximum absolute atomic E-state index is 12.5. The molecular formula is C20H33N3O2. The lowest BCUT2D eigenvalue weighted by Gasteiger charge is -2.31. The molecule has 2 rings (SSSR count). The predicted octanol–water partition coefficient (Wildman–Crippen LogP) is 3.18. The molecular weight excluding hydrogens is 314 g/mol. The van der Waals surface area contributed by atoms with Crippen LogP contribution >= 0.6 is 0 Å². The zero-order valence-corrected chi connectivity index (χ0v) is 15.8. The lowest BCUT2D eigenvalue weighted by molar-refractivity contribution is 0.0339. The van der Waals surface area contributed by atoms with E-state index in [1.54, 1.807) is 0 Å². The molecule has 0 spiro atoms. The van der Waals surface area contributed by atoms with Crippen LogP contribution in [-0.2, 0) is 4.74 Å². The van der Waals surface area contributed by atoms with E-state index in [0.717, 1.165) is 51.3 Å². The molecule has 2 atom stereocenters. The number of ether oxygens (including phenoxy) is 1. The van der Waals surface area contributed by atoms with Gasteiger partial charge in [-0.05, 0) is 31.2 Å². The van der Waals surface area contributed by atoms with Gasteiger partial charge in [0, 0.05) is 25.7 Å². The average Bonchev–Trinajstić information content (AvgIpc) is 2.61. The first-order chi connectivity index (χ1) is 12.0. The number of urea groups is 1. The molecule has 1 heterocycles. The van der Waals surface area contributed by atoms with Crippen molar-refractivity contribution in [1.29, 1.82) is 0 Å². The molecule has 0 aliphatic carbocycles. The zero-order chi connectivity index (χ0) is 18.1. The fourth-order valence-corrected chi connectivity index (χ4v) is 3.04. The van der Waals surface area contributed by atoms with Crippen LogP contribution in [0, 0.1) is 5.92 Å². The summed E-state index contributed by atoms with van der Waals surface area (Å²) < 4.78 is 5.43. The molecule has 25 heavy (non-hydrogen) atoms. The molecule has 140 valence electrons. The molecule has 1 aliphatic heterocycles. The lowest BCUT2D eigenvalue weighted by Crippen LogP contribution is -2.47. The monoisotopic (exact) mass is 347 g/mol. The third-order valence-corrected chi connectivity index (χ3v) is 4.61. The van der Waals surface area contributed by atoms with E-state index in [2.05, 4.69) is 48.4 Å². The summed E-state index contributed by atoms with van der Waals surface area (Å²) in [4.78, 5) is 14.8. The van der Waals surface area contributed by atoms with Crippen molar-refractivity contribution in [3.05, 3.63) is 35.9 Å². The summed E-state index contributed by atoms with van der Waals surface area (Å²) in [7, 11) is 0. The second kappa shape index (κ2) is 10.4. The minimum absolute atomic E-state index is 0.0170. The Kier molecular flexibility index (Phi) is 8.22. The smallest absolute Gasteiger partial charge is 0.315 e. The third kappa shape index (κ3) is 7.45. The van der Waals surface area contributed by atoms with Crippen molar-refractivity contribution >= 4 is 6.03 Å². The van der Waals surface area contributed by atoms with Gasteiger partial charge in [0.25, 0.3) is 0 Å². The molecule has 1 aliphatic rings. The number of rotatable bonds is 8. The average molecular weight is 348 g/mol. The van der Waals surface area contributed by atoms with Crippen LogP contribution in [0.2, 0.25) is 0 Å². The fraction of sp³-hybridized carbons (Fsp3) is 0.650. The Labute approximate surface area is 152 Å². The number of hydrogen-bond donors (Lipinski definition) is 2. The van der Waals surface area contributed by atoms with Crippen LogP contribution in [0.25, 0.3) is 0 Å². The van der Waals surface area contributed by atoms with Crippen molar-refractivity contribution in [1.82, 2.24) is 15.5 Å². The first-order valence-corrected chi connectivity index (χ1v) is 9.46. The SMILES string of the molecule is CC(C)CCC(C)NC(=O)NC(CN1CCOCC1)c1ccccc1. The van der Waals surface area contributed by atoms with Gasteiger partial charge in [0.15, 0.2) is 0 Å². The predicted molar refractivity (Wildman–Crippen MR) is 102 cm³/mol. The normalized spacial score (nSPS) is 17.9. The van der Waals surface area contributed by atoms with E-state index in [-0.39, 0.29) is 18.1 Å². The Balaban J connectivity index is 1.91. The number of carbonyl (C=O) groups excluding carboxylic acids is 1. The van der Waals surface area contributed by atoms with Crippen molar-refractivity contribution in [2.24, 2.45) is 5.92 Å². The summed E-state index contributed by atoms with van der Waals surface area (Å²) in [6.07, 6.45) is 2.13. The second-order valence-electron chi connectivity index (χ2n) is 7.37. The van der Waals surface area contributed by atoms with E-state index in [1.807, 2.05) is 18.2 Å². The van der Waals surface area contributed by atoms with Gasteiger partial charge in [-0.25, -0.2) is 4.79 Å². The van der Waals surface area contributed by atoms with Gasteiger partial charge in [-0.1, -0.05) is 44.2 Å². The Hall–Kier alpha value is -1.59. The summed E-state index contributed by atoms with van der Waals surface area (Å²) in [5, 5.41) is 6.25. The van der Waals surface area contributed by atoms with E-state index in [1.165, 1.54) is 0 Å². The lowest BCUT2D eigenvalue weighted by atomic mass is 10.0. The van der Waals surface area contributed by atoms with E-state index in [9.17, 15) is 4.79 Å². The van der Waals surface area contributed by atoms with Gasteiger partial charge in [-0.2, -0.15) is 0 Å². The number of carbonyl (C=O) groups is 1. The van der Waals surface area contributed by atoms with E-state index < -0.39 is 0 Å². The highest BCUT2D eigenvalue weighted by Crippen LogP contribution is 2.15. The van der Waals surface area contributed by atoms with Gasteiger partial charge in [0.1, 0.15) is 0 Å². The number of benzene rings is 1. The Morgan fingerprint density at radius 1 is 1.08 bits per heavy atom. The Bertz CT molecular complexity index is 501. The highest BCUT2D eigenvalue weighted by atomic mass is 16.5. The molecule has 1 saturated heterocycles. The molecule has 5 heteroatoms. The standard InChI is InChI=1S/C20H33N3O2/c1-16(2)9-10-17(3)21-20(24)22-19(18-7-5-4-6-8-18)15-23-11-13-25-14-12-23/h4-8,16-17,19H,9-15H2,1-3H3,(H2,21,22,24). The Morgan fingerprint density at radius 3 is 2.40 bits per heavy atom. The van der Waals surface area contributed by atoms with Crippen LogP contribution in [0.15, 0.2) is 30.3 Å². The van der Waals surface area contributed by atoms with Crippen molar-refractivity contribution in [2.75, 3.05) is 32.8 Å².